The van der Waals surface area contributed by atoms with Crippen LogP contribution in [0.1, 0.15) is 50.5 Å². The Hall–Kier alpha value is -3.28. The Bertz CT molecular complexity index is 1070. The standard InChI is InChI=1S/C21H18N4O2/c26-17-10-9-14-11-13-5-4-8-16(13)19(18(14)17)23-21(27)20-22-12-25(24-20)15-6-2-1-3-7-15/h1-3,6-7,11-12H,4-5,8-10H2,(H,23,27). The molecule has 0 fully saturated rings. The molecule has 2 aromatic carbocycles. The lowest BCUT2D eigenvalue weighted by Crippen LogP contribution is -2.18. The number of carbonyl (C=O) groups is 2. The minimum Gasteiger partial charge on any atom is -0.318 e. The first-order valence-corrected chi connectivity index (χ1v) is 9.20. The van der Waals surface area contributed by atoms with E-state index in [-0.39, 0.29) is 17.5 Å². The Kier molecular flexibility index (Phi) is 3.63. The maximum absolute atomic E-state index is 12.8. The van der Waals surface area contributed by atoms with Gasteiger partial charge in [-0.25, -0.2) is 9.67 Å². The third-order valence-corrected chi connectivity index (χ3v) is 5.34. The average molecular weight is 358 g/mol. The lowest BCUT2D eigenvalue weighted by Gasteiger charge is -2.14. The molecule has 0 unspecified atom stereocenters. The summed E-state index contributed by atoms with van der Waals surface area (Å²) in [5.74, 6) is -0.182. The summed E-state index contributed by atoms with van der Waals surface area (Å²) in [7, 11) is 0. The molecule has 0 atom stereocenters. The van der Waals surface area contributed by atoms with Crippen molar-refractivity contribution in [2.24, 2.45) is 0 Å². The Labute approximate surface area is 156 Å². The molecule has 0 radical (unpaired) electrons. The van der Waals surface area contributed by atoms with Crippen molar-refractivity contribution in [3.63, 3.8) is 0 Å². The van der Waals surface area contributed by atoms with Crippen LogP contribution in [0.3, 0.4) is 0 Å². The highest BCUT2D eigenvalue weighted by atomic mass is 16.2. The van der Waals surface area contributed by atoms with Gasteiger partial charge in [-0.15, -0.1) is 5.10 Å². The van der Waals surface area contributed by atoms with Gasteiger partial charge in [0, 0.05) is 12.0 Å². The van der Waals surface area contributed by atoms with E-state index in [1.165, 1.54) is 11.9 Å². The molecule has 2 aliphatic carbocycles. The smallest absolute Gasteiger partial charge is 0.295 e. The second-order valence-corrected chi connectivity index (χ2v) is 7.00. The summed E-state index contributed by atoms with van der Waals surface area (Å²) in [5.41, 5.74) is 5.61. The fourth-order valence-electron chi connectivity index (χ4n) is 4.07. The SMILES string of the molecule is O=C(Nc1c2c(cc3c1C(=O)CC3)CCC2)c1ncn(-c2ccccc2)n1. The molecule has 0 bridgehead atoms. The zero-order chi connectivity index (χ0) is 18.4. The third kappa shape index (κ3) is 2.65. The lowest BCUT2D eigenvalue weighted by molar-refractivity contribution is 0.0995. The van der Waals surface area contributed by atoms with E-state index < -0.39 is 0 Å². The topological polar surface area (TPSA) is 76.9 Å². The van der Waals surface area contributed by atoms with Gasteiger partial charge in [-0.05, 0) is 54.5 Å². The third-order valence-electron chi connectivity index (χ3n) is 5.34. The molecule has 134 valence electrons. The predicted molar refractivity (Wildman–Crippen MR) is 100 cm³/mol. The number of nitrogens with one attached hydrogen (secondary N) is 1. The minimum absolute atomic E-state index is 0.0913. The number of fused-ring (bicyclic) bond motifs is 2. The highest BCUT2D eigenvalue weighted by Crippen LogP contribution is 2.38. The van der Waals surface area contributed by atoms with Crippen molar-refractivity contribution in [2.45, 2.75) is 32.1 Å². The predicted octanol–water partition coefficient (Wildman–Crippen LogP) is 3.14. The van der Waals surface area contributed by atoms with Crippen molar-refractivity contribution < 1.29 is 9.59 Å². The largest absolute Gasteiger partial charge is 0.318 e. The summed E-state index contributed by atoms with van der Waals surface area (Å²) in [4.78, 5) is 29.4. The Morgan fingerprint density at radius 3 is 2.74 bits per heavy atom. The fourth-order valence-corrected chi connectivity index (χ4v) is 4.07. The minimum atomic E-state index is -0.383. The number of aryl methyl sites for hydroxylation is 2. The van der Waals surface area contributed by atoms with Crippen LogP contribution < -0.4 is 5.32 Å². The summed E-state index contributed by atoms with van der Waals surface area (Å²) >= 11 is 0. The first-order valence-electron chi connectivity index (χ1n) is 9.20. The number of para-hydroxylation sites is 1. The number of ketones is 1. The van der Waals surface area contributed by atoms with Crippen LogP contribution >= 0.6 is 0 Å². The maximum Gasteiger partial charge on any atom is 0.295 e. The van der Waals surface area contributed by atoms with Crippen LogP contribution in [0.2, 0.25) is 0 Å². The first-order chi connectivity index (χ1) is 13.2. The zero-order valence-electron chi connectivity index (χ0n) is 14.7. The van der Waals surface area contributed by atoms with E-state index in [2.05, 4.69) is 21.5 Å². The second kappa shape index (κ2) is 6.16. The van der Waals surface area contributed by atoms with Crippen LogP contribution in [0.4, 0.5) is 5.69 Å². The van der Waals surface area contributed by atoms with E-state index in [9.17, 15) is 9.59 Å². The van der Waals surface area contributed by atoms with Crippen molar-refractivity contribution in [3.05, 3.63) is 70.8 Å². The summed E-state index contributed by atoms with van der Waals surface area (Å²) in [6.45, 7) is 0. The molecule has 0 saturated carbocycles. The Morgan fingerprint density at radius 2 is 1.89 bits per heavy atom. The normalized spacial score (nSPS) is 14.9. The molecular weight excluding hydrogens is 340 g/mol. The summed E-state index contributed by atoms with van der Waals surface area (Å²) < 4.78 is 1.57. The molecule has 6 heteroatoms. The van der Waals surface area contributed by atoms with Crippen molar-refractivity contribution in [1.82, 2.24) is 14.8 Å². The number of aromatic nitrogens is 3. The van der Waals surface area contributed by atoms with Crippen molar-refractivity contribution in [3.8, 4) is 5.69 Å². The van der Waals surface area contributed by atoms with Gasteiger partial charge in [0.15, 0.2) is 5.78 Å². The van der Waals surface area contributed by atoms with Crippen LogP contribution in [-0.4, -0.2) is 26.5 Å². The van der Waals surface area contributed by atoms with Gasteiger partial charge in [-0.3, -0.25) is 9.59 Å². The molecule has 1 N–H and O–H groups in total. The van der Waals surface area contributed by atoms with Gasteiger partial charge >= 0.3 is 0 Å². The molecular formula is C21H18N4O2. The fraction of sp³-hybridized carbons (Fsp3) is 0.238. The molecule has 0 aliphatic heterocycles. The molecule has 27 heavy (non-hydrogen) atoms. The molecule has 0 spiro atoms. The van der Waals surface area contributed by atoms with E-state index >= 15 is 0 Å². The van der Waals surface area contributed by atoms with Crippen molar-refractivity contribution in [1.29, 1.82) is 0 Å². The van der Waals surface area contributed by atoms with Crippen LogP contribution in [0, 0.1) is 0 Å². The first kappa shape index (κ1) is 15.9. The zero-order valence-corrected chi connectivity index (χ0v) is 14.7. The Morgan fingerprint density at radius 1 is 1.04 bits per heavy atom. The van der Waals surface area contributed by atoms with Gasteiger partial charge in [-0.1, -0.05) is 24.3 Å². The summed E-state index contributed by atoms with van der Waals surface area (Å²) in [6.07, 6.45) is 5.73. The number of hydrogen-bond donors (Lipinski definition) is 1. The van der Waals surface area contributed by atoms with Crippen LogP contribution in [0.5, 0.6) is 0 Å². The molecule has 0 saturated heterocycles. The molecule has 1 heterocycles. The summed E-state index contributed by atoms with van der Waals surface area (Å²) in [6, 6.07) is 11.7. The number of anilines is 1. The van der Waals surface area contributed by atoms with Gasteiger partial charge in [0.2, 0.25) is 5.82 Å². The highest BCUT2D eigenvalue weighted by molar-refractivity contribution is 6.11. The van der Waals surface area contributed by atoms with Gasteiger partial charge in [-0.2, -0.15) is 0 Å². The van der Waals surface area contributed by atoms with E-state index in [0.717, 1.165) is 42.5 Å². The van der Waals surface area contributed by atoms with Crippen LogP contribution in [0.25, 0.3) is 5.69 Å². The molecule has 1 aromatic heterocycles. The van der Waals surface area contributed by atoms with Gasteiger partial charge in [0.05, 0.1) is 11.4 Å². The highest BCUT2D eigenvalue weighted by Gasteiger charge is 2.30. The quantitative estimate of drug-likeness (QED) is 0.780. The number of amides is 1. The summed E-state index contributed by atoms with van der Waals surface area (Å²) in [5, 5.41) is 7.25. The number of nitrogens with zero attached hydrogens (tertiary/aromatic N) is 3. The van der Waals surface area contributed by atoms with E-state index in [4.69, 9.17) is 0 Å². The van der Waals surface area contributed by atoms with Crippen LogP contribution in [-0.2, 0) is 19.3 Å². The van der Waals surface area contributed by atoms with Gasteiger partial charge in [0.25, 0.3) is 5.91 Å². The molecule has 3 aromatic rings. The van der Waals surface area contributed by atoms with Gasteiger partial charge in [0.1, 0.15) is 6.33 Å². The maximum atomic E-state index is 12.8. The van der Waals surface area contributed by atoms with Gasteiger partial charge < -0.3 is 5.32 Å². The molecule has 1 amide bonds. The number of Topliss-reactive ketones (excluding diaryl/α,β-unsaturated/α-hetero) is 1. The van der Waals surface area contributed by atoms with Crippen LogP contribution in [0.15, 0.2) is 42.7 Å². The number of carbonyl (C=O) groups excluding carboxylic acids is 2. The second-order valence-electron chi connectivity index (χ2n) is 7.00. The molecule has 6 nitrogen and oxygen atoms in total. The number of hydrogen-bond acceptors (Lipinski definition) is 4. The van der Waals surface area contributed by atoms with Crippen molar-refractivity contribution >= 4 is 17.4 Å². The molecule has 5 rings (SSSR count). The number of rotatable bonds is 3. The average Bonchev–Trinajstić information content (AvgIpc) is 3.42. The monoisotopic (exact) mass is 358 g/mol. The van der Waals surface area contributed by atoms with E-state index in [0.29, 0.717) is 17.7 Å². The van der Waals surface area contributed by atoms with Crippen molar-refractivity contribution in [2.75, 3.05) is 5.32 Å². The lowest BCUT2D eigenvalue weighted by atomic mass is 9.98. The molecule has 2 aliphatic rings. The van der Waals surface area contributed by atoms with E-state index in [1.54, 1.807) is 4.68 Å². The van der Waals surface area contributed by atoms with E-state index in [1.807, 2.05) is 30.3 Å². The number of benzene rings is 2. The Balaban J connectivity index is 1.49.